The number of thiazole rings is 1. The lowest BCUT2D eigenvalue weighted by molar-refractivity contribution is -0.274. The van der Waals surface area contributed by atoms with Gasteiger partial charge in [0, 0.05) is 42.2 Å². The zero-order valence-electron chi connectivity index (χ0n) is 23.6. The molecule has 3 aromatic rings. The van der Waals surface area contributed by atoms with Crippen molar-refractivity contribution in [3.05, 3.63) is 41.2 Å². The average Bonchev–Trinajstić information content (AvgIpc) is 3.57. The highest BCUT2D eigenvalue weighted by Crippen LogP contribution is 2.38. The standard InChI is InChI=1S/C28H31F3N6O5S/c1-16-4-3-7-37(16)15-22-24(18-10-19(41-2)12-20(11-18)42-28(29,30)31)34-27(43-22)35-25(38)21-13-33-23(14-32-21)36-8-5-17(6-9-36)26(39)40/h10-14,16-17H,3-9,15H2,1-2H3,(H,39,40)(H,34,35,38). The molecule has 0 bridgehead atoms. The summed E-state index contributed by atoms with van der Waals surface area (Å²) < 4.78 is 48.5. The van der Waals surface area contributed by atoms with Gasteiger partial charge in [-0.1, -0.05) is 11.3 Å². The van der Waals surface area contributed by atoms with Crippen LogP contribution in [0.3, 0.4) is 0 Å². The van der Waals surface area contributed by atoms with Crippen molar-refractivity contribution in [3.8, 4) is 22.8 Å². The Hall–Kier alpha value is -3.98. The average molecular weight is 621 g/mol. The molecule has 0 saturated carbocycles. The van der Waals surface area contributed by atoms with E-state index in [4.69, 9.17) is 4.74 Å². The van der Waals surface area contributed by atoms with Gasteiger partial charge in [0.1, 0.15) is 23.0 Å². The smallest absolute Gasteiger partial charge is 0.497 e. The Balaban J connectivity index is 1.37. The van der Waals surface area contributed by atoms with Crippen molar-refractivity contribution in [2.75, 3.05) is 37.0 Å². The number of aromatic nitrogens is 3. The molecule has 5 rings (SSSR count). The fourth-order valence-corrected chi connectivity index (χ4v) is 6.29. The molecule has 1 unspecified atom stereocenters. The number of carboxylic acids is 1. The third-order valence-electron chi connectivity index (χ3n) is 7.62. The number of hydrogen-bond donors (Lipinski definition) is 2. The summed E-state index contributed by atoms with van der Waals surface area (Å²) in [6.07, 6.45) is 1.01. The maximum Gasteiger partial charge on any atom is 0.573 e. The summed E-state index contributed by atoms with van der Waals surface area (Å²) in [5, 5.41) is 12.2. The number of amides is 1. The molecule has 11 nitrogen and oxygen atoms in total. The third-order valence-corrected chi connectivity index (χ3v) is 8.57. The number of methoxy groups -OCH3 is 1. The van der Waals surface area contributed by atoms with E-state index in [9.17, 15) is 27.9 Å². The van der Waals surface area contributed by atoms with Crippen LogP contribution in [-0.4, -0.2) is 76.0 Å². The summed E-state index contributed by atoms with van der Waals surface area (Å²) in [6, 6.07) is 4.29. The Kier molecular flexibility index (Phi) is 9.01. The van der Waals surface area contributed by atoms with Crippen molar-refractivity contribution >= 4 is 34.2 Å². The van der Waals surface area contributed by atoms with E-state index in [0.717, 1.165) is 30.3 Å². The molecule has 2 aliphatic rings. The first kappa shape index (κ1) is 30.5. The van der Waals surface area contributed by atoms with Crippen molar-refractivity contribution in [2.24, 2.45) is 5.92 Å². The second kappa shape index (κ2) is 12.7. The number of piperidine rings is 1. The molecule has 2 aliphatic heterocycles. The van der Waals surface area contributed by atoms with E-state index < -0.39 is 24.0 Å². The van der Waals surface area contributed by atoms with E-state index in [-0.39, 0.29) is 22.5 Å². The number of carbonyl (C=O) groups is 2. The van der Waals surface area contributed by atoms with Crippen molar-refractivity contribution < 1.29 is 37.3 Å². The van der Waals surface area contributed by atoms with E-state index in [0.29, 0.717) is 55.6 Å². The highest BCUT2D eigenvalue weighted by molar-refractivity contribution is 7.16. The third kappa shape index (κ3) is 7.51. The number of halogens is 3. The molecule has 2 N–H and O–H groups in total. The molecule has 2 aromatic heterocycles. The predicted molar refractivity (Wildman–Crippen MR) is 152 cm³/mol. The number of likely N-dealkylation sites (tertiary alicyclic amines) is 1. The minimum absolute atomic E-state index is 0.0536. The van der Waals surface area contributed by atoms with E-state index in [2.05, 4.69) is 36.8 Å². The van der Waals surface area contributed by atoms with Gasteiger partial charge in [0.05, 0.1) is 31.1 Å². The summed E-state index contributed by atoms with van der Waals surface area (Å²) in [6.45, 7) is 4.54. The number of nitrogens with zero attached hydrogens (tertiary/aromatic N) is 5. The largest absolute Gasteiger partial charge is 0.573 e. The molecule has 0 radical (unpaired) electrons. The van der Waals surface area contributed by atoms with Crippen LogP contribution in [0.25, 0.3) is 11.3 Å². The van der Waals surface area contributed by atoms with Crippen LogP contribution in [0.5, 0.6) is 11.5 Å². The summed E-state index contributed by atoms with van der Waals surface area (Å²) in [5.41, 5.74) is 0.822. The van der Waals surface area contributed by atoms with Gasteiger partial charge in [0.15, 0.2) is 5.13 Å². The van der Waals surface area contributed by atoms with Crippen LogP contribution in [-0.2, 0) is 11.3 Å². The molecule has 4 heterocycles. The predicted octanol–water partition coefficient (Wildman–Crippen LogP) is 5.04. The van der Waals surface area contributed by atoms with Crippen molar-refractivity contribution in [1.82, 2.24) is 19.9 Å². The number of hydrogen-bond acceptors (Lipinski definition) is 10. The Morgan fingerprint density at radius 2 is 1.84 bits per heavy atom. The molecule has 1 amide bonds. The maximum absolute atomic E-state index is 13.1. The minimum atomic E-state index is -4.88. The van der Waals surface area contributed by atoms with Gasteiger partial charge in [-0.25, -0.2) is 15.0 Å². The number of benzene rings is 1. The normalized spacial score (nSPS) is 18.1. The van der Waals surface area contributed by atoms with Gasteiger partial charge >= 0.3 is 12.3 Å². The number of nitrogens with one attached hydrogen (secondary N) is 1. The second-order valence-electron chi connectivity index (χ2n) is 10.5. The molecule has 2 saturated heterocycles. The van der Waals surface area contributed by atoms with Gasteiger partial charge in [-0.2, -0.15) is 0 Å². The van der Waals surface area contributed by atoms with Crippen LogP contribution in [0, 0.1) is 5.92 Å². The van der Waals surface area contributed by atoms with Crippen LogP contribution in [0.2, 0.25) is 0 Å². The van der Waals surface area contributed by atoms with Crippen LogP contribution in [0.4, 0.5) is 24.1 Å². The number of alkyl halides is 3. The number of aliphatic carboxylic acids is 1. The molecular weight excluding hydrogens is 589 g/mol. The van der Waals surface area contributed by atoms with Crippen molar-refractivity contribution in [3.63, 3.8) is 0 Å². The number of carboxylic acid groups (broad SMARTS) is 1. The van der Waals surface area contributed by atoms with E-state index in [1.165, 1.54) is 36.9 Å². The van der Waals surface area contributed by atoms with Crippen LogP contribution < -0.4 is 19.7 Å². The minimum Gasteiger partial charge on any atom is -0.497 e. The molecule has 1 atom stereocenters. The fraction of sp³-hybridized carbons (Fsp3) is 0.464. The molecular formula is C28H31F3N6O5S. The van der Waals surface area contributed by atoms with E-state index in [1.807, 2.05) is 4.90 Å². The summed E-state index contributed by atoms with van der Waals surface area (Å²) in [4.78, 5) is 42.5. The Morgan fingerprint density at radius 3 is 2.44 bits per heavy atom. The molecule has 230 valence electrons. The summed E-state index contributed by atoms with van der Waals surface area (Å²) in [5.74, 6) is -1.45. The first-order valence-corrected chi connectivity index (χ1v) is 14.6. The second-order valence-corrected chi connectivity index (χ2v) is 11.6. The van der Waals surface area contributed by atoms with Gasteiger partial charge < -0.3 is 19.5 Å². The number of anilines is 2. The van der Waals surface area contributed by atoms with Gasteiger partial charge in [-0.05, 0) is 51.3 Å². The zero-order chi connectivity index (χ0) is 30.7. The van der Waals surface area contributed by atoms with Gasteiger partial charge in [-0.15, -0.1) is 13.2 Å². The highest BCUT2D eigenvalue weighted by atomic mass is 32.1. The lowest BCUT2D eigenvalue weighted by Gasteiger charge is -2.30. The Morgan fingerprint density at radius 1 is 1.09 bits per heavy atom. The first-order chi connectivity index (χ1) is 20.5. The lowest BCUT2D eigenvalue weighted by Crippen LogP contribution is -2.36. The highest BCUT2D eigenvalue weighted by Gasteiger charge is 2.32. The molecule has 1 aromatic carbocycles. The lowest BCUT2D eigenvalue weighted by atomic mass is 9.97. The monoisotopic (exact) mass is 620 g/mol. The van der Waals surface area contributed by atoms with Crippen LogP contribution in [0.1, 0.15) is 48.0 Å². The molecule has 0 spiro atoms. The summed E-state index contributed by atoms with van der Waals surface area (Å²) in [7, 11) is 1.35. The number of carbonyl (C=O) groups excluding carboxylic acids is 1. The van der Waals surface area contributed by atoms with Crippen LogP contribution >= 0.6 is 11.3 Å². The molecule has 2 fully saturated rings. The van der Waals surface area contributed by atoms with E-state index in [1.54, 1.807) is 6.07 Å². The quantitative estimate of drug-likeness (QED) is 0.335. The first-order valence-electron chi connectivity index (χ1n) is 13.8. The molecule has 15 heteroatoms. The topological polar surface area (TPSA) is 130 Å². The van der Waals surface area contributed by atoms with Gasteiger partial charge in [-0.3, -0.25) is 19.8 Å². The Labute approximate surface area is 249 Å². The molecule has 0 aliphatic carbocycles. The van der Waals surface area contributed by atoms with Crippen molar-refractivity contribution in [1.29, 1.82) is 0 Å². The Bertz CT molecular complexity index is 1460. The van der Waals surface area contributed by atoms with Crippen molar-refractivity contribution in [2.45, 2.75) is 51.6 Å². The fourth-order valence-electron chi connectivity index (χ4n) is 5.29. The number of ether oxygens (including phenoxy) is 2. The van der Waals surface area contributed by atoms with E-state index >= 15 is 0 Å². The SMILES string of the molecule is COc1cc(OC(F)(F)F)cc(-c2nc(NC(=O)c3cnc(N4CCC(C(=O)O)CC4)cn3)sc2CN2CCCC2C)c1. The number of rotatable bonds is 9. The van der Waals surface area contributed by atoms with Gasteiger partial charge in [0.25, 0.3) is 5.91 Å². The summed E-state index contributed by atoms with van der Waals surface area (Å²) >= 11 is 1.23. The molecule has 43 heavy (non-hydrogen) atoms. The zero-order valence-corrected chi connectivity index (χ0v) is 24.4. The van der Waals surface area contributed by atoms with Crippen LogP contribution in [0.15, 0.2) is 30.6 Å². The van der Waals surface area contributed by atoms with Gasteiger partial charge in [0.2, 0.25) is 0 Å². The maximum atomic E-state index is 13.1.